The van der Waals surface area contributed by atoms with Crippen molar-refractivity contribution in [3.8, 4) is 0 Å². The first-order chi connectivity index (χ1) is 16.3. The number of benzene rings is 2. The van der Waals surface area contributed by atoms with Gasteiger partial charge in [0.15, 0.2) is 5.16 Å². The van der Waals surface area contributed by atoms with Crippen molar-refractivity contribution in [2.24, 2.45) is 0 Å². The second kappa shape index (κ2) is 8.88. The highest BCUT2D eigenvalue weighted by Crippen LogP contribution is 2.30. The van der Waals surface area contributed by atoms with Crippen LogP contribution in [0.15, 0.2) is 57.2 Å². The van der Waals surface area contributed by atoms with E-state index in [9.17, 15) is 22.8 Å². The van der Waals surface area contributed by atoms with Crippen LogP contribution in [0.3, 0.4) is 0 Å². The second-order valence-corrected chi connectivity index (χ2v) is 8.94. The summed E-state index contributed by atoms with van der Waals surface area (Å²) < 4.78 is 46.5. The number of aromatic amines is 1. The van der Waals surface area contributed by atoms with E-state index in [-0.39, 0.29) is 34.1 Å². The molecule has 1 saturated heterocycles. The summed E-state index contributed by atoms with van der Waals surface area (Å²) in [5.41, 5.74) is -1.11. The molecular formula is C23H19F3N4O3S. The van der Waals surface area contributed by atoms with E-state index in [2.05, 4.69) is 15.0 Å². The molecule has 0 radical (unpaired) electrons. The molecule has 11 heteroatoms. The van der Waals surface area contributed by atoms with Crippen molar-refractivity contribution < 1.29 is 17.9 Å². The highest BCUT2D eigenvalue weighted by molar-refractivity contribution is 7.98. The lowest BCUT2D eigenvalue weighted by Gasteiger charge is -2.16. The molecule has 0 saturated carbocycles. The van der Waals surface area contributed by atoms with Crippen LogP contribution >= 0.6 is 11.8 Å². The van der Waals surface area contributed by atoms with Crippen LogP contribution in [0.25, 0.3) is 21.8 Å². The SMILES string of the molecule is O=c1[nH]c(CSc2nc3ccccc3c(=O)n2C[C@@H]2CCCO2)nc2cc(C(F)(F)F)ccc12. The molecule has 0 aliphatic carbocycles. The lowest BCUT2D eigenvalue weighted by atomic mass is 10.1. The lowest BCUT2D eigenvalue weighted by molar-refractivity contribution is -0.137. The van der Waals surface area contributed by atoms with Crippen molar-refractivity contribution in [3.05, 3.63) is 74.6 Å². The van der Waals surface area contributed by atoms with Gasteiger partial charge in [0.1, 0.15) is 5.82 Å². The first-order valence-electron chi connectivity index (χ1n) is 10.6. The van der Waals surface area contributed by atoms with Gasteiger partial charge in [-0.25, -0.2) is 9.97 Å². The van der Waals surface area contributed by atoms with Gasteiger partial charge in [-0.2, -0.15) is 13.2 Å². The second-order valence-electron chi connectivity index (χ2n) is 7.99. The van der Waals surface area contributed by atoms with Gasteiger partial charge in [0, 0.05) is 6.61 Å². The minimum absolute atomic E-state index is 0.0441. The van der Waals surface area contributed by atoms with Gasteiger partial charge in [-0.1, -0.05) is 23.9 Å². The van der Waals surface area contributed by atoms with Gasteiger partial charge >= 0.3 is 6.18 Å². The van der Waals surface area contributed by atoms with Crippen molar-refractivity contribution in [1.82, 2.24) is 19.5 Å². The van der Waals surface area contributed by atoms with Crippen LogP contribution in [0.2, 0.25) is 0 Å². The van der Waals surface area contributed by atoms with Crippen LogP contribution in [-0.4, -0.2) is 32.2 Å². The van der Waals surface area contributed by atoms with E-state index in [1.54, 1.807) is 28.8 Å². The Hall–Kier alpha value is -3.18. The lowest BCUT2D eigenvalue weighted by Crippen LogP contribution is -2.28. The zero-order valence-electron chi connectivity index (χ0n) is 17.8. The number of ether oxygens (including phenoxy) is 1. The van der Waals surface area contributed by atoms with Gasteiger partial charge in [0.25, 0.3) is 11.1 Å². The fourth-order valence-electron chi connectivity index (χ4n) is 3.98. The first kappa shape index (κ1) is 22.6. The number of halogens is 3. The molecule has 0 bridgehead atoms. The van der Waals surface area contributed by atoms with Crippen molar-refractivity contribution >= 4 is 33.6 Å². The standard InChI is InChI=1S/C23H19F3N4O3S/c24-23(25,26)13-7-8-15-18(10-13)27-19(29-20(15)31)12-34-22-28-17-6-2-1-5-16(17)21(32)30(22)11-14-4-3-9-33-14/h1-2,5-8,10,14H,3-4,9,11-12H2,(H,27,29,31)/t14-/m0/s1. The molecule has 4 aromatic rings. The zero-order chi connectivity index (χ0) is 23.9. The fourth-order valence-corrected chi connectivity index (χ4v) is 4.86. The quantitative estimate of drug-likeness (QED) is 0.336. The number of H-pyrrole nitrogens is 1. The monoisotopic (exact) mass is 488 g/mol. The minimum Gasteiger partial charge on any atom is -0.376 e. The van der Waals surface area contributed by atoms with Gasteiger partial charge in [-0.3, -0.25) is 14.2 Å². The Balaban J connectivity index is 1.50. The summed E-state index contributed by atoms with van der Waals surface area (Å²) in [5.74, 6) is 0.297. The number of hydrogen-bond acceptors (Lipinski definition) is 6. The fraction of sp³-hybridized carbons (Fsp3) is 0.304. The molecule has 176 valence electrons. The van der Waals surface area contributed by atoms with Crippen molar-refractivity contribution in [1.29, 1.82) is 0 Å². The van der Waals surface area contributed by atoms with Gasteiger partial charge < -0.3 is 9.72 Å². The third kappa shape index (κ3) is 4.45. The van der Waals surface area contributed by atoms with E-state index in [0.717, 1.165) is 31.0 Å². The van der Waals surface area contributed by atoms with Gasteiger partial charge in [-0.05, 0) is 43.2 Å². The van der Waals surface area contributed by atoms with Gasteiger partial charge in [0.05, 0.1) is 45.8 Å². The third-order valence-corrected chi connectivity index (χ3v) is 6.65. The van der Waals surface area contributed by atoms with Crippen LogP contribution < -0.4 is 11.1 Å². The molecule has 5 rings (SSSR count). The first-order valence-corrected chi connectivity index (χ1v) is 11.6. The Morgan fingerprint density at radius 2 is 1.91 bits per heavy atom. The maximum atomic E-state index is 13.2. The van der Waals surface area contributed by atoms with Crippen LogP contribution in [0.4, 0.5) is 13.2 Å². The average molecular weight is 488 g/mol. The Morgan fingerprint density at radius 3 is 2.68 bits per heavy atom. The molecule has 1 aliphatic rings. The molecule has 1 N–H and O–H groups in total. The highest BCUT2D eigenvalue weighted by Gasteiger charge is 2.30. The summed E-state index contributed by atoms with van der Waals surface area (Å²) in [5, 5.41) is 0.980. The molecule has 0 unspecified atom stereocenters. The van der Waals surface area contributed by atoms with Crippen molar-refractivity contribution in [2.45, 2.75) is 42.6 Å². The molecule has 2 aromatic heterocycles. The average Bonchev–Trinajstić information content (AvgIpc) is 3.32. The number of alkyl halides is 3. The number of nitrogens with one attached hydrogen (secondary N) is 1. The van der Waals surface area contributed by atoms with Crippen LogP contribution in [0.5, 0.6) is 0 Å². The number of para-hydroxylation sites is 1. The van der Waals surface area contributed by atoms with E-state index >= 15 is 0 Å². The topological polar surface area (TPSA) is 89.9 Å². The normalized spacial score (nSPS) is 16.5. The van der Waals surface area contributed by atoms with Crippen LogP contribution in [-0.2, 0) is 23.2 Å². The van der Waals surface area contributed by atoms with E-state index in [1.165, 1.54) is 11.8 Å². The van der Waals surface area contributed by atoms with E-state index in [4.69, 9.17) is 4.74 Å². The Bertz CT molecular complexity index is 1490. The number of hydrogen-bond donors (Lipinski definition) is 1. The number of thioether (sulfide) groups is 1. The summed E-state index contributed by atoms with van der Waals surface area (Å²) in [6, 6.07) is 9.85. The molecule has 1 fully saturated rings. The Morgan fingerprint density at radius 1 is 1.09 bits per heavy atom. The highest BCUT2D eigenvalue weighted by atomic mass is 32.2. The molecule has 7 nitrogen and oxygen atoms in total. The smallest absolute Gasteiger partial charge is 0.376 e. The van der Waals surface area contributed by atoms with E-state index < -0.39 is 17.3 Å². The summed E-state index contributed by atoms with van der Waals surface area (Å²) in [7, 11) is 0. The predicted octanol–water partition coefficient (Wildman–Crippen LogP) is 4.12. The summed E-state index contributed by atoms with van der Waals surface area (Å²) in [4.78, 5) is 37.1. The van der Waals surface area contributed by atoms with Crippen LogP contribution in [0, 0.1) is 0 Å². The zero-order valence-corrected chi connectivity index (χ0v) is 18.6. The van der Waals surface area contributed by atoms with Crippen LogP contribution in [0.1, 0.15) is 24.2 Å². The maximum Gasteiger partial charge on any atom is 0.416 e. The number of rotatable bonds is 5. The summed E-state index contributed by atoms with van der Waals surface area (Å²) in [6.45, 7) is 0.987. The number of aromatic nitrogens is 4. The van der Waals surface area contributed by atoms with Gasteiger partial charge in [0.2, 0.25) is 0 Å². The molecule has 0 spiro atoms. The Labute approximate surface area is 195 Å². The summed E-state index contributed by atoms with van der Waals surface area (Å²) >= 11 is 1.18. The van der Waals surface area contributed by atoms with Crippen molar-refractivity contribution in [2.75, 3.05) is 6.61 Å². The molecular weight excluding hydrogens is 469 g/mol. The predicted molar refractivity (Wildman–Crippen MR) is 122 cm³/mol. The van der Waals surface area contributed by atoms with Crippen molar-refractivity contribution in [3.63, 3.8) is 0 Å². The number of fused-ring (bicyclic) bond motifs is 2. The van der Waals surface area contributed by atoms with Gasteiger partial charge in [-0.15, -0.1) is 0 Å². The molecule has 1 aliphatic heterocycles. The molecule has 3 heterocycles. The van der Waals surface area contributed by atoms with E-state index in [0.29, 0.717) is 29.2 Å². The largest absolute Gasteiger partial charge is 0.416 e. The third-order valence-electron chi connectivity index (χ3n) is 5.66. The minimum atomic E-state index is -4.54. The number of nitrogens with zero attached hydrogens (tertiary/aromatic N) is 3. The Kier molecular flexibility index (Phi) is 5.90. The molecule has 1 atom stereocenters. The van der Waals surface area contributed by atoms with E-state index in [1.807, 2.05) is 0 Å². The molecule has 2 aromatic carbocycles. The molecule has 34 heavy (non-hydrogen) atoms. The summed E-state index contributed by atoms with van der Waals surface area (Å²) in [6.07, 6.45) is -2.88. The molecule has 0 amide bonds. The maximum absolute atomic E-state index is 13.2.